The summed E-state index contributed by atoms with van der Waals surface area (Å²) in [5.41, 5.74) is 3.29. The Morgan fingerprint density at radius 1 is 1.09 bits per heavy atom. The first kappa shape index (κ1) is 14.5. The number of oxime groups is 1. The topological polar surface area (TPSA) is 38.7 Å². The van der Waals surface area contributed by atoms with Crippen LogP contribution >= 0.6 is 11.3 Å². The Bertz CT molecular complexity index is 847. The van der Waals surface area contributed by atoms with Gasteiger partial charge in [0.25, 0.3) is 0 Å². The Morgan fingerprint density at radius 3 is 2.59 bits per heavy atom. The number of benzene rings is 2. The van der Waals surface area contributed by atoms with Gasteiger partial charge in [0.1, 0.15) is 0 Å². The summed E-state index contributed by atoms with van der Waals surface area (Å²) in [4.78, 5) is 17.0. The van der Waals surface area contributed by atoms with Crippen LogP contribution in [-0.2, 0) is 4.84 Å². The quantitative estimate of drug-likeness (QED) is 0.396. The summed E-state index contributed by atoms with van der Waals surface area (Å²) in [7, 11) is 0. The highest BCUT2D eigenvalue weighted by Crippen LogP contribution is 2.26. The molecule has 3 aromatic rings. The molecule has 3 nitrogen and oxygen atoms in total. The Kier molecular flexibility index (Phi) is 4.02. The van der Waals surface area contributed by atoms with Gasteiger partial charge >= 0.3 is 5.97 Å². The summed E-state index contributed by atoms with van der Waals surface area (Å²) in [5, 5.41) is 7.15. The number of thiophene rings is 1. The van der Waals surface area contributed by atoms with E-state index in [-0.39, 0.29) is 0 Å². The van der Waals surface area contributed by atoms with Crippen LogP contribution in [0.5, 0.6) is 0 Å². The average Bonchev–Trinajstić information content (AvgIpc) is 2.97. The Labute approximate surface area is 132 Å². The van der Waals surface area contributed by atoms with E-state index in [1.54, 1.807) is 23.5 Å². The number of fused-ring (bicyclic) bond motifs is 1. The molecule has 22 heavy (non-hydrogen) atoms. The van der Waals surface area contributed by atoms with Gasteiger partial charge in [-0.25, -0.2) is 4.79 Å². The van der Waals surface area contributed by atoms with Crippen molar-refractivity contribution >= 4 is 33.1 Å². The third-order valence-electron chi connectivity index (χ3n) is 3.42. The molecule has 0 radical (unpaired) electrons. The summed E-state index contributed by atoms with van der Waals surface area (Å²) < 4.78 is 1.19. The van der Waals surface area contributed by atoms with Gasteiger partial charge in [-0.2, -0.15) is 0 Å². The van der Waals surface area contributed by atoms with E-state index in [0.29, 0.717) is 11.3 Å². The molecule has 1 heterocycles. The molecule has 0 atom stereocenters. The van der Waals surface area contributed by atoms with Crippen LogP contribution in [0.1, 0.15) is 28.4 Å². The second-order valence-corrected chi connectivity index (χ2v) is 5.98. The predicted molar refractivity (Wildman–Crippen MR) is 90.6 cm³/mol. The maximum absolute atomic E-state index is 12.0. The van der Waals surface area contributed by atoms with Gasteiger partial charge < -0.3 is 4.84 Å². The van der Waals surface area contributed by atoms with Crippen LogP contribution in [0.2, 0.25) is 0 Å². The van der Waals surface area contributed by atoms with Gasteiger partial charge in [0, 0.05) is 21.0 Å². The molecule has 0 bridgehead atoms. The van der Waals surface area contributed by atoms with E-state index < -0.39 is 5.97 Å². The molecule has 0 saturated heterocycles. The minimum absolute atomic E-state index is 0.445. The van der Waals surface area contributed by atoms with E-state index in [9.17, 15) is 4.79 Å². The van der Waals surface area contributed by atoms with Crippen LogP contribution in [-0.4, -0.2) is 11.7 Å². The SMILES string of the molecule is C/C(=N\OC(=O)c1ccc(C)cc1)c1csc2ccccc12. The zero-order chi connectivity index (χ0) is 15.5. The van der Waals surface area contributed by atoms with Crippen LogP contribution in [0.25, 0.3) is 10.1 Å². The maximum Gasteiger partial charge on any atom is 0.365 e. The smallest absolute Gasteiger partial charge is 0.313 e. The lowest BCUT2D eigenvalue weighted by Gasteiger charge is -2.01. The zero-order valence-electron chi connectivity index (χ0n) is 12.4. The van der Waals surface area contributed by atoms with Crippen LogP contribution in [0.4, 0.5) is 0 Å². The van der Waals surface area contributed by atoms with Gasteiger partial charge in [-0.05, 0) is 32.0 Å². The molecule has 0 unspecified atom stereocenters. The summed E-state index contributed by atoms with van der Waals surface area (Å²) in [6, 6.07) is 15.3. The highest BCUT2D eigenvalue weighted by Gasteiger charge is 2.09. The molecule has 0 fully saturated rings. The first-order valence-electron chi connectivity index (χ1n) is 6.94. The number of hydrogen-bond donors (Lipinski definition) is 0. The number of hydrogen-bond acceptors (Lipinski definition) is 4. The molecular weight excluding hydrogens is 294 g/mol. The van der Waals surface area contributed by atoms with Gasteiger partial charge in [-0.15, -0.1) is 11.3 Å². The van der Waals surface area contributed by atoms with Crippen molar-refractivity contribution in [3.8, 4) is 0 Å². The molecule has 0 spiro atoms. The second kappa shape index (κ2) is 6.12. The summed E-state index contributed by atoms with van der Waals surface area (Å²) in [6.45, 7) is 3.82. The number of rotatable bonds is 3. The van der Waals surface area contributed by atoms with E-state index in [0.717, 1.165) is 16.5 Å². The van der Waals surface area contributed by atoms with Gasteiger partial charge in [0.2, 0.25) is 0 Å². The Hall–Kier alpha value is -2.46. The minimum atomic E-state index is -0.445. The van der Waals surface area contributed by atoms with E-state index in [1.165, 1.54) is 4.70 Å². The van der Waals surface area contributed by atoms with Crippen molar-refractivity contribution in [2.24, 2.45) is 5.16 Å². The van der Waals surface area contributed by atoms with Crippen molar-refractivity contribution in [3.63, 3.8) is 0 Å². The normalized spacial score (nSPS) is 11.6. The minimum Gasteiger partial charge on any atom is -0.313 e. The number of carbonyl (C=O) groups excluding carboxylic acids is 1. The summed E-state index contributed by atoms with van der Waals surface area (Å²) in [5.74, 6) is -0.445. The summed E-state index contributed by atoms with van der Waals surface area (Å²) >= 11 is 1.65. The fourth-order valence-electron chi connectivity index (χ4n) is 2.16. The van der Waals surface area contributed by atoms with Crippen molar-refractivity contribution in [2.75, 3.05) is 0 Å². The third-order valence-corrected chi connectivity index (χ3v) is 4.39. The molecule has 3 rings (SSSR count). The Morgan fingerprint density at radius 2 is 1.82 bits per heavy atom. The first-order valence-corrected chi connectivity index (χ1v) is 7.82. The van der Waals surface area contributed by atoms with Crippen LogP contribution < -0.4 is 0 Å². The molecule has 4 heteroatoms. The second-order valence-electron chi connectivity index (χ2n) is 5.07. The standard InChI is InChI=1S/C18H15NO2S/c1-12-7-9-14(10-8-12)18(20)21-19-13(2)16-11-22-17-6-4-3-5-15(16)17/h3-11H,1-2H3/b19-13+. The molecule has 0 aliphatic heterocycles. The van der Waals surface area contributed by atoms with Crippen LogP contribution in [0.15, 0.2) is 59.1 Å². The van der Waals surface area contributed by atoms with Gasteiger partial charge in [-0.3, -0.25) is 0 Å². The van der Waals surface area contributed by atoms with Crippen molar-refractivity contribution in [1.82, 2.24) is 0 Å². The van der Waals surface area contributed by atoms with E-state index >= 15 is 0 Å². The number of nitrogens with zero attached hydrogens (tertiary/aromatic N) is 1. The highest BCUT2D eigenvalue weighted by atomic mass is 32.1. The Balaban J connectivity index is 1.80. The molecule has 0 aliphatic carbocycles. The van der Waals surface area contributed by atoms with Crippen LogP contribution in [0, 0.1) is 6.92 Å². The molecule has 0 saturated carbocycles. The first-order chi connectivity index (χ1) is 10.6. The van der Waals surface area contributed by atoms with Gasteiger partial charge in [-0.1, -0.05) is 41.1 Å². The maximum atomic E-state index is 12.0. The monoisotopic (exact) mass is 309 g/mol. The van der Waals surface area contributed by atoms with Crippen molar-refractivity contribution in [3.05, 3.63) is 70.6 Å². The molecule has 0 aliphatic rings. The third kappa shape index (κ3) is 2.92. The molecule has 110 valence electrons. The molecule has 1 aromatic heterocycles. The fourth-order valence-corrected chi connectivity index (χ4v) is 3.16. The van der Waals surface area contributed by atoms with Crippen molar-refractivity contribution in [1.29, 1.82) is 0 Å². The average molecular weight is 309 g/mol. The van der Waals surface area contributed by atoms with Gasteiger partial charge in [0.15, 0.2) is 0 Å². The predicted octanol–water partition coefficient (Wildman–Crippen LogP) is 4.79. The highest BCUT2D eigenvalue weighted by molar-refractivity contribution is 7.17. The molecule has 0 amide bonds. The molecule has 0 N–H and O–H groups in total. The summed E-state index contributed by atoms with van der Waals surface area (Å²) in [6.07, 6.45) is 0. The lowest BCUT2D eigenvalue weighted by Crippen LogP contribution is -2.03. The van der Waals surface area contributed by atoms with Crippen LogP contribution in [0.3, 0.4) is 0 Å². The van der Waals surface area contributed by atoms with E-state index in [4.69, 9.17) is 4.84 Å². The largest absolute Gasteiger partial charge is 0.365 e. The van der Waals surface area contributed by atoms with E-state index in [1.807, 2.05) is 49.6 Å². The molecular formula is C18H15NO2S. The van der Waals surface area contributed by atoms with Crippen molar-refractivity contribution < 1.29 is 9.63 Å². The number of carbonyl (C=O) groups is 1. The fraction of sp³-hybridized carbons (Fsp3) is 0.111. The zero-order valence-corrected chi connectivity index (χ0v) is 13.2. The number of aryl methyl sites for hydroxylation is 1. The van der Waals surface area contributed by atoms with Crippen molar-refractivity contribution in [2.45, 2.75) is 13.8 Å². The van der Waals surface area contributed by atoms with E-state index in [2.05, 4.69) is 11.2 Å². The molecule has 2 aromatic carbocycles. The van der Waals surface area contributed by atoms with Gasteiger partial charge in [0.05, 0.1) is 11.3 Å². The lowest BCUT2D eigenvalue weighted by molar-refractivity contribution is 0.0516. The lowest BCUT2D eigenvalue weighted by atomic mass is 10.1.